The van der Waals surface area contributed by atoms with Gasteiger partial charge in [0, 0.05) is 43.4 Å². The first-order valence-electron chi connectivity index (χ1n) is 9.83. The Labute approximate surface area is 170 Å². The van der Waals surface area contributed by atoms with E-state index < -0.39 is 11.7 Å². The molecule has 2 fully saturated rings. The summed E-state index contributed by atoms with van der Waals surface area (Å²) in [5.74, 6) is 0.903. The molecule has 3 aliphatic heterocycles. The number of hydrogen-bond acceptors (Lipinski definition) is 8. The highest BCUT2D eigenvalue weighted by Crippen LogP contribution is 2.43. The summed E-state index contributed by atoms with van der Waals surface area (Å²) in [5.41, 5.74) is 5.60. The number of halogens is 3. The van der Waals surface area contributed by atoms with Crippen molar-refractivity contribution in [3.63, 3.8) is 0 Å². The Hall–Kier alpha value is -2.66. The van der Waals surface area contributed by atoms with Crippen LogP contribution in [-0.4, -0.2) is 67.1 Å². The van der Waals surface area contributed by atoms with Crippen LogP contribution in [0, 0.1) is 0 Å². The van der Waals surface area contributed by atoms with Gasteiger partial charge in [-0.25, -0.2) is 9.97 Å². The third kappa shape index (κ3) is 3.31. The molecule has 5 heterocycles. The maximum Gasteiger partial charge on any atom is 0.417 e. The quantitative estimate of drug-likeness (QED) is 0.783. The number of morpholine rings is 2. The monoisotopic (exact) mass is 422 g/mol. The van der Waals surface area contributed by atoms with Crippen LogP contribution in [0.1, 0.15) is 11.1 Å². The van der Waals surface area contributed by atoms with Crippen molar-refractivity contribution in [3.05, 3.63) is 23.4 Å². The van der Waals surface area contributed by atoms with Crippen molar-refractivity contribution in [1.29, 1.82) is 0 Å². The van der Waals surface area contributed by atoms with Gasteiger partial charge in [-0.05, 0) is 6.07 Å². The largest absolute Gasteiger partial charge is 0.417 e. The number of aromatic nitrogens is 3. The molecule has 11 heteroatoms. The molecule has 2 aromatic heterocycles. The fourth-order valence-corrected chi connectivity index (χ4v) is 4.25. The van der Waals surface area contributed by atoms with Gasteiger partial charge in [0.2, 0.25) is 5.95 Å². The molecule has 8 nitrogen and oxygen atoms in total. The van der Waals surface area contributed by atoms with Gasteiger partial charge in [-0.2, -0.15) is 18.2 Å². The van der Waals surface area contributed by atoms with Gasteiger partial charge in [0.05, 0.1) is 43.7 Å². The predicted molar refractivity (Wildman–Crippen MR) is 103 cm³/mol. The molecule has 3 aliphatic rings. The summed E-state index contributed by atoms with van der Waals surface area (Å²) in [6.07, 6.45) is -2.90. The fourth-order valence-electron chi connectivity index (χ4n) is 4.25. The molecular formula is C19H21F3N6O2. The van der Waals surface area contributed by atoms with Crippen LogP contribution in [0.3, 0.4) is 0 Å². The van der Waals surface area contributed by atoms with Crippen LogP contribution in [0.25, 0.3) is 11.3 Å². The second kappa shape index (κ2) is 7.24. The molecule has 2 aromatic rings. The molecule has 0 saturated carbocycles. The first kappa shape index (κ1) is 19.3. The van der Waals surface area contributed by atoms with E-state index in [9.17, 15) is 13.2 Å². The summed E-state index contributed by atoms with van der Waals surface area (Å²) in [6, 6.07) is 0.904. The number of pyridine rings is 1. The number of anilines is 3. The van der Waals surface area contributed by atoms with Gasteiger partial charge < -0.3 is 25.0 Å². The van der Waals surface area contributed by atoms with Crippen LogP contribution in [0.4, 0.5) is 30.8 Å². The van der Waals surface area contributed by atoms with E-state index in [0.29, 0.717) is 69.8 Å². The molecule has 0 aliphatic carbocycles. The highest BCUT2D eigenvalue weighted by atomic mass is 19.4. The SMILES string of the molecule is Nc1cc(C(F)(F)F)c(-c2nc(N3CCOCC3)nc3c2C[C@H]2COCCN32)cn1. The van der Waals surface area contributed by atoms with E-state index >= 15 is 0 Å². The van der Waals surface area contributed by atoms with Crippen molar-refractivity contribution in [1.82, 2.24) is 15.0 Å². The van der Waals surface area contributed by atoms with Crippen LogP contribution in [0.5, 0.6) is 0 Å². The van der Waals surface area contributed by atoms with Crippen LogP contribution < -0.4 is 15.5 Å². The lowest BCUT2D eigenvalue weighted by Gasteiger charge is -2.32. The van der Waals surface area contributed by atoms with Crippen LogP contribution in [0.2, 0.25) is 0 Å². The molecule has 2 saturated heterocycles. The topological polar surface area (TPSA) is 89.6 Å². The Morgan fingerprint density at radius 3 is 2.60 bits per heavy atom. The summed E-state index contributed by atoms with van der Waals surface area (Å²) in [7, 11) is 0. The highest BCUT2D eigenvalue weighted by Gasteiger charge is 2.40. The zero-order valence-corrected chi connectivity index (χ0v) is 16.2. The standard InChI is InChI=1S/C19H21F3N6O2/c20-19(21,22)14-8-15(23)24-9-13(14)16-12-7-11-10-30-6-3-28(11)17(12)26-18(25-16)27-1-4-29-5-2-27/h8-9,11H,1-7,10H2,(H2,23,24)/t11-/m0/s1. The van der Waals surface area contributed by atoms with E-state index in [-0.39, 0.29) is 23.1 Å². The zero-order chi connectivity index (χ0) is 20.9. The average molecular weight is 422 g/mol. The maximum atomic E-state index is 13.8. The fraction of sp³-hybridized carbons (Fsp3) is 0.526. The maximum absolute atomic E-state index is 13.8. The number of hydrogen-bond donors (Lipinski definition) is 1. The van der Waals surface area contributed by atoms with E-state index in [1.807, 2.05) is 4.90 Å². The smallest absolute Gasteiger partial charge is 0.384 e. The van der Waals surface area contributed by atoms with Crippen molar-refractivity contribution in [2.45, 2.75) is 18.6 Å². The molecule has 0 spiro atoms. The Balaban J connectivity index is 1.70. The minimum atomic E-state index is -4.59. The molecule has 0 radical (unpaired) electrons. The molecule has 0 aromatic carbocycles. The van der Waals surface area contributed by atoms with Gasteiger partial charge in [0.15, 0.2) is 0 Å². The third-order valence-electron chi connectivity index (χ3n) is 5.69. The molecular weight excluding hydrogens is 401 g/mol. The van der Waals surface area contributed by atoms with Crippen molar-refractivity contribution >= 4 is 17.6 Å². The minimum Gasteiger partial charge on any atom is -0.384 e. The number of nitrogens with two attached hydrogens (primary N) is 1. The number of fused-ring (bicyclic) bond motifs is 3. The van der Waals surface area contributed by atoms with Crippen molar-refractivity contribution in [2.24, 2.45) is 0 Å². The Kier molecular flexibility index (Phi) is 4.66. The number of ether oxygens (including phenoxy) is 2. The summed E-state index contributed by atoms with van der Waals surface area (Å²) >= 11 is 0. The highest BCUT2D eigenvalue weighted by molar-refractivity contribution is 5.76. The van der Waals surface area contributed by atoms with Gasteiger partial charge in [-0.3, -0.25) is 0 Å². The Morgan fingerprint density at radius 2 is 1.83 bits per heavy atom. The second-order valence-electron chi connectivity index (χ2n) is 7.55. The lowest BCUT2D eigenvalue weighted by molar-refractivity contribution is -0.137. The van der Waals surface area contributed by atoms with E-state index in [1.165, 1.54) is 0 Å². The predicted octanol–water partition coefficient (Wildman–Crippen LogP) is 1.74. The first-order chi connectivity index (χ1) is 14.4. The summed E-state index contributed by atoms with van der Waals surface area (Å²) in [5, 5.41) is 0. The lowest BCUT2D eigenvalue weighted by atomic mass is 10.0. The average Bonchev–Trinajstić information content (AvgIpc) is 3.12. The zero-order valence-electron chi connectivity index (χ0n) is 16.2. The van der Waals surface area contributed by atoms with Gasteiger partial charge in [-0.15, -0.1) is 0 Å². The van der Waals surface area contributed by atoms with Crippen molar-refractivity contribution < 1.29 is 22.6 Å². The van der Waals surface area contributed by atoms with Crippen molar-refractivity contribution in [2.75, 3.05) is 61.6 Å². The third-order valence-corrected chi connectivity index (χ3v) is 5.69. The molecule has 0 bridgehead atoms. The van der Waals surface area contributed by atoms with E-state index in [2.05, 4.69) is 14.9 Å². The van der Waals surface area contributed by atoms with Crippen LogP contribution >= 0.6 is 0 Å². The molecule has 1 atom stereocenters. The van der Waals surface area contributed by atoms with E-state index in [4.69, 9.17) is 20.2 Å². The van der Waals surface area contributed by atoms with Crippen molar-refractivity contribution in [3.8, 4) is 11.3 Å². The minimum absolute atomic E-state index is 0.0396. The molecule has 30 heavy (non-hydrogen) atoms. The van der Waals surface area contributed by atoms with Crippen LogP contribution in [0.15, 0.2) is 12.3 Å². The van der Waals surface area contributed by atoms with Gasteiger partial charge in [0.25, 0.3) is 0 Å². The second-order valence-corrected chi connectivity index (χ2v) is 7.55. The molecule has 2 N–H and O–H groups in total. The van der Waals surface area contributed by atoms with Gasteiger partial charge >= 0.3 is 6.18 Å². The van der Waals surface area contributed by atoms with Crippen LogP contribution in [-0.2, 0) is 22.1 Å². The number of nitrogens with zero attached hydrogens (tertiary/aromatic N) is 5. The summed E-state index contributed by atoms with van der Waals surface area (Å²) in [4.78, 5) is 17.4. The molecule has 5 rings (SSSR count). The Morgan fingerprint density at radius 1 is 1.07 bits per heavy atom. The summed E-state index contributed by atoms with van der Waals surface area (Å²) < 4.78 is 52.5. The first-order valence-corrected chi connectivity index (χ1v) is 9.83. The molecule has 0 unspecified atom stereocenters. The Bertz CT molecular complexity index is 964. The number of nitrogen functional groups attached to an aromatic ring is 1. The molecule has 160 valence electrons. The summed E-state index contributed by atoms with van der Waals surface area (Å²) in [6.45, 7) is 3.91. The van der Waals surface area contributed by atoms with E-state index in [0.717, 1.165) is 12.3 Å². The number of rotatable bonds is 2. The lowest BCUT2D eigenvalue weighted by Crippen LogP contribution is -2.43. The molecule has 0 amide bonds. The normalized spacial score (nSPS) is 21.5. The van der Waals surface area contributed by atoms with E-state index in [1.54, 1.807) is 0 Å². The van der Waals surface area contributed by atoms with Gasteiger partial charge in [0.1, 0.15) is 11.6 Å². The number of alkyl halides is 3. The van der Waals surface area contributed by atoms with Gasteiger partial charge in [-0.1, -0.05) is 0 Å².